The van der Waals surface area contributed by atoms with Crippen LogP contribution in [0.2, 0.25) is 0 Å². The second-order valence-corrected chi connectivity index (χ2v) is 5.60. The monoisotopic (exact) mass is 289 g/mol. The lowest BCUT2D eigenvalue weighted by Crippen LogP contribution is -2.51. The topological polar surface area (TPSA) is 52.7 Å². The molecule has 1 aliphatic rings. The van der Waals surface area contributed by atoms with Crippen molar-refractivity contribution in [3.8, 4) is 0 Å². The molecule has 0 unspecified atom stereocenters. The first-order chi connectivity index (χ1) is 10.0. The Kier molecular flexibility index (Phi) is 4.96. The number of rotatable bonds is 5. The molecule has 0 aromatic heterocycles. The van der Waals surface area contributed by atoms with Crippen LogP contribution in [0.15, 0.2) is 24.3 Å². The predicted molar refractivity (Wildman–Crippen MR) is 81.9 cm³/mol. The average Bonchev–Trinajstić information content (AvgIpc) is 2.42. The molecule has 0 aliphatic carbocycles. The molecule has 1 aliphatic heterocycles. The highest BCUT2D eigenvalue weighted by Gasteiger charge is 2.28. The standard InChI is InChI=1S/C16H23N3O2/c1-4-19(16(21)14-9-17-10-14)11-12-5-7-13(8-6-12)15(20)18(2)3/h5-8,14,17H,4,9-11H2,1-3H3. The molecule has 2 rings (SSSR count). The van der Waals surface area contributed by atoms with E-state index in [4.69, 9.17) is 0 Å². The Morgan fingerprint density at radius 2 is 1.81 bits per heavy atom. The Hall–Kier alpha value is -1.88. The third-order valence-electron chi connectivity index (χ3n) is 3.80. The van der Waals surface area contributed by atoms with E-state index in [2.05, 4.69) is 5.32 Å². The predicted octanol–water partition coefficient (Wildman–Crippen LogP) is 0.956. The molecule has 1 aromatic rings. The van der Waals surface area contributed by atoms with E-state index in [1.54, 1.807) is 19.0 Å². The molecule has 2 amide bonds. The lowest BCUT2D eigenvalue weighted by molar-refractivity contribution is -0.137. The third kappa shape index (κ3) is 3.61. The first-order valence-corrected chi connectivity index (χ1v) is 7.33. The minimum atomic E-state index is -0.00878. The van der Waals surface area contributed by atoms with Crippen molar-refractivity contribution in [2.45, 2.75) is 13.5 Å². The molecule has 114 valence electrons. The Balaban J connectivity index is 2.01. The van der Waals surface area contributed by atoms with Gasteiger partial charge in [-0.25, -0.2) is 0 Å². The molecule has 0 bridgehead atoms. The van der Waals surface area contributed by atoms with Crippen molar-refractivity contribution in [1.29, 1.82) is 0 Å². The quantitative estimate of drug-likeness (QED) is 0.878. The summed E-state index contributed by atoms with van der Waals surface area (Å²) in [7, 11) is 3.47. The van der Waals surface area contributed by atoms with Crippen molar-refractivity contribution in [2.24, 2.45) is 5.92 Å². The SMILES string of the molecule is CCN(Cc1ccc(C(=O)N(C)C)cc1)C(=O)C1CNC1. The first kappa shape index (κ1) is 15.5. The molecule has 0 radical (unpaired) electrons. The van der Waals surface area contributed by atoms with Crippen LogP contribution in [0.3, 0.4) is 0 Å². The van der Waals surface area contributed by atoms with E-state index in [0.29, 0.717) is 18.7 Å². The van der Waals surface area contributed by atoms with Crippen LogP contribution in [-0.4, -0.2) is 55.3 Å². The molecule has 1 N–H and O–H groups in total. The summed E-state index contributed by atoms with van der Waals surface area (Å²) in [5, 5.41) is 3.13. The molecule has 1 aromatic carbocycles. The van der Waals surface area contributed by atoms with Gasteiger partial charge < -0.3 is 15.1 Å². The largest absolute Gasteiger partial charge is 0.345 e. The second kappa shape index (κ2) is 6.72. The van der Waals surface area contributed by atoms with Crippen LogP contribution in [-0.2, 0) is 11.3 Å². The molecule has 5 heteroatoms. The van der Waals surface area contributed by atoms with Crippen LogP contribution in [0, 0.1) is 5.92 Å². The zero-order valence-electron chi connectivity index (χ0n) is 12.9. The molecule has 0 saturated carbocycles. The van der Waals surface area contributed by atoms with E-state index >= 15 is 0 Å². The van der Waals surface area contributed by atoms with Crippen molar-refractivity contribution in [3.05, 3.63) is 35.4 Å². The smallest absolute Gasteiger partial charge is 0.253 e. The van der Waals surface area contributed by atoms with Crippen LogP contribution in [0.1, 0.15) is 22.8 Å². The van der Waals surface area contributed by atoms with Crippen LogP contribution in [0.5, 0.6) is 0 Å². The van der Waals surface area contributed by atoms with E-state index in [1.807, 2.05) is 36.1 Å². The number of hydrogen-bond acceptors (Lipinski definition) is 3. The van der Waals surface area contributed by atoms with Gasteiger partial charge in [0.25, 0.3) is 5.91 Å². The third-order valence-corrected chi connectivity index (χ3v) is 3.80. The maximum atomic E-state index is 12.3. The van der Waals surface area contributed by atoms with Crippen LogP contribution in [0.25, 0.3) is 0 Å². The normalized spacial score (nSPS) is 14.4. The van der Waals surface area contributed by atoms with E-state index in [-0.39, 0.29) is 17.7 Å². The average molecular weight is 289 g/mol. The number of amides is 2. The van der Waals surface area contributed by atoms with Gasteiger partial charge in [-0.3, -0.25) is 9.59 Å². The van der Waals surface area contributed by atoms with Gasteiger partial charge in [0.2, 0.25) is 5.91 Å². The lowest BCUT2D eigenvalue weighted by atomic mass is 10.0. The summed E-state index contributed by atoms with van der Waals surface area (Å²) in [6.07, 6.45) is 0. The highest BCUT2D eigenvalue weighted by Crippen LogP contribution is 2.13. The zero-order valence-corrected chi connectivity index (χ0v) is 12.9. The van der Waals surface area contributed by atoms with E-state index < -0.39 is 0 Å². The van der Waals surface area contributed by atoms with Gasteiger partial charge in [0.1, 0.15) is 0 Å². The fourth-order valence-electron chi connectivity index (χ4n) is 2.30. The fourth-order valence-corrected chi connectivity index (χ4v) is 2.30. The summed E-state index contributed by atoms with van der Waals surface area (Å²) < 4.78 is 0. The number of nitrogens with zero attached hydrogens (tertiary/aromatic N) is 2. The Bertz CT molecular complexity index is 507. The Morgan fingerprint density at radius 1 is 1.19 bits per heavy atom. The number of carbonyl (C=O) groups is 2. The van der Waals surface area contributed by atoms with Gasteiger partial charge in [-0.1, -0.05) is 12.1 Å². The van der Waals surface area contributed by atoms with Gasteiger partial charge in [0, 0.05) is 45.8 Å². The van der Waals surface area contributed by atoms with Crippen molar-refractivity contribution >= 4 is 11.8 Å². The highest BCUT2D eigenvalue weighted by atomic mass is 16.2. The van der Waals surface area contributed by atoms with Crippen molar-refractivity contribution < 1.29 is 9.59 Å². The van der Waals surface area contributed by atoms with Crippen molar-refractivity contribution in [2.75, 3.05) is 33.7 Å². The van der Waals surface area contributed by atoms with Crippen molar-refractivity contribution in [3.63, 3.8) is 0 Å². The minimum Gasteiger partial charge on any atom is -0.345 e. The van der Waals surface area contributed by atoms with Gasteiger partial charge in [-0.05, 0) is 24.6 Å². The Morgan fingerprint density at radius 3 is 2.24 bits per heavy atom. The van der Waals surface area contributed by atoms with E-state index in [1.165, 1.54) is 0 Å². The number of benzene rings is 1. The van der Waals surface area contributed by atoms with Gasteiger partial charge in [-0.2, -0.15) is 0 Å². The molecule has 0 spiro atoms. The Labute approximate surface area is 125 Å². The first-order valence-electron chi connectivity index (χ1n) is 7.33. The van der Waals surface area contributed by atoms with Crippen LogP contribution >= 0.6 is 0 Å². The molecule has 5 nitrogen and oxygen atoms in total. The maximum absolute atomic E-state index is 12.3. The van der Waals surface area contributed by atoms with E-state index in [0.717, 1.165) is 18.7 Å². The number of carbonyl (C=O) groups excluding carboxylic acids is 2. The fraction of sp³-hybridized carbons (Fsp3) is 0.500. The lowest BCUT2D eigenvalue weighted by Gasteiger charge is -2.32. The maximum Gasteiger partial charge on any atom is 0.253 e. The number of nitrogens with one attached hydrogen (secondary N) is 1. The molecular formula is C16H23N3O2. The second-order valence-electron chi connectivity index (χ2n) is 5.60. The number of hydrogen-bond donors (Lipinski definition) is 1. The summed E-state index contributed by atoms with van der Waals surface area (Å²) in [5.41, 5.74) is 1.72. The zero-order chi connectivity index (χ0) is 15.4. The molecule has 1 fully saturated rings. The highest BCUT2D eigenvalue weighted by molar-refractivity contribution is 5.93. The molecular weight excluding hydrogens is 266 g/mol. The summed E-state index contributed by atoms with van der Waals surface area (Å²) in [4.78, 5) is 27.5. The summed E-state index contributed by atoms with van der Waals surface area (Å²) >= 11 is 0. The van der Waals surface area contributed by atoms with Gasteiger partial charge >= 0.3 is 0 Å². The van der Waals surface area contributed by atoms with E-state index in [9.17, 15) is 9.59 Å². The van der Waals surface area contributed by atoms with Gasteiger partial charge in [0.15, 0.2) is 0 Å². The molecule has 1 saturated heterocycles. The minimum absolute atomic E-state index is 0.00878. The van der Waals surface area contributed by atoms with Crippen molar-refractivity contribution in [1.82, 2.24) is 15.1 Å². The van der Waals surface area contributed by atoms with Crippen LogP contribution in [0.4, 0.5) is 0 Å². The summed E-state index contributed by atoms with van der Waals surface area (Å²) in [5.74, 6) is 0.328. The summed E-state index contributed by atoms with van der Waals surface area (Å²) in [6.45, 7) is 4.86. The van der Waals surface area contributed by atoms with Gasteiger partial charge in [0.05, 0.1) is 5.92 Å². The molecule has 1 heterocycles. The summed E-state index contributed by atoms with van der Waals surface area (Å²) in [6, 6.07) is 7.49. The molecule has 0 atom stereocenters. The van der Waals surface area contributed by atoms with Crippen LogP contribution < -0.4 is 5.32 Å². The molecule has 21 heavy (non-hydrogen) atoms. The van der Waals surface area contributed by atoms with Gasteiger partial charge in [-0.15, -0.1) is 0 Å².